The molecule has 4 N–H and O–H groups in total. The highest BCUT2D eigenvalue weighted by Crippen LogP contribution is 2.37. The molecule has 3 aromatic rings. The molecule has 1 aliphatic heterocycles. The fourth-order valence-electron chi connectivity index (χ4n) is 7.41. The lowest BCUT2D eigenvalue weighted by atomic mass is 9.83. The third kappa shape index (κ3) is 8.00. The maximum atomic E-state index is 14.5. The van der Waals surface area contributed by atoms with Crippen LogP contribution in [-0.4, -0.2) is 80.9 Å². The second-order valence-corrected chi connectivity index (χ2v) is 14.6. The van der Waals surface area contributed by atoms with Crippen molar-refractivity contribution in [2.45, 2.75) is 102 Å². The SMILES string of the molecule is CC(=O)N[C@H](C(=O)N[C@H](C(=O)N1C[C@H](Oc2cc(-c3ccccc3)nc3ccccc23)C[C@H]1C(=O)NC1(C(=O)O)CC1)C(C)C)C1CCCCC1. The summed E-state index contributed by atoms with van der Waals surface area (Å²) in [6, 6.07) is 16.3. The first-order valence-corrected chi connectivity index (χ1v) is 18.0. The summed E-state index contributed by atoms with van der Waals surface area (Å²) in [6.45, 7) is 5.03. The van der Waals surface area contributed by atoms with Crippen molar-refractivity contribution >= 4 is 40.5 Å². The summed E-state index contributed by atoms with van der Waals surface area (Å²) < 4.78 is 6.62. The number of para-hydroxylation sites is 1. The number of benzene rings is 2. The minimum absolute atomic E-state index is 0.0329. The van der Waals surface area contributed by atoms with E-state index in [0.29, 0.717) is 24.3 Å². The van der Waals surface area contributed by atoms with E-state index in [-0.39, 0.29) is 30.7 Å². The van der Waals surface area contributed by atoms with Crippen LogP contribution in [0.15, 0.2) is 60.7 Å². The summed E-state index contributed by atoms with van der Waals surface area (Å²) in [7, 11) is 0. The Balaban J connectivity index is 1.28. The zero-order valence-electron chi connectivity index (χ0n) is 29.4. The van der Waals surface area contributed by atoms with E-state index in [0.717, 1.165) is 48.6 Å². The van der Waals surface area contributed by atoms with Gasteiger partial charge in [0.15, 0.2) is 0 Å². The molecule has 3 fully saturated rings. The second kappa shape index (κ2) is 15.1. The number of hydrogen-bond acceptors (Lipinski definition) is 7. The first-order chi connectivity index (χ1) is 24.5. The molecule has 0 bridgehead atoms. The summed E-state index contributed by atoms with van der Waals surface area (Å²) in [5, 5.41) is 19.0. The number of aliphatic carboxylic acids is 1. The van der Waals surface area contributed by atoms with Gasteiger partial charge in [-0.3, -0.25) is 19.2 Å². The molecule has 2 aliphatic carbocycles. The number of carbonyl (C=O) groups excluding carboxylic acids is 4. The summed E-state index contributed by atoms with van der Waals surface area (Å²) in [5.41, 5.74) is 0.975. The Morgan fingerprint density at radius 3 is 2.27 bits per heavy atom. The highest BCUT2D eigenvalue weighted by atomic mass is 16.5. The van der Waals surface area contributed by atoms with Gasteiger partial charge in [0.25, 0.3) is 0 Å². The number of nitrogens with zero attached hydrogens (tertiary/aromatic N) is 2. The lowest BCUT2D eigenvalue weighted by Crippen LogP contribution is -2.60. The fourth-order valence-corrected chi connectivity index (χ4v) is 7.41. The Morgan fingerprint density at radius 2 is 1.63 bits per heavy atom. The number of hydrogen-bond donors (Lipinski definition) is 4. The smallest absolute Gasteiger partial charge is 0.329 e. The third-order valence-electron chi connectivity index (χ3n) is 10.4. The molecule has 1 saturated heterocycles. The maximum Gasteiger partial charge on any atom is 0.329 e. The van der Waals surface area contributed by atoms with Crippen LogP contribution in [0.25, 0.3) is 22.2 Å². The van der Waals surface area contributed by atoms with E-state index in [1.807, 2.05) is 74.5 Å². The predicted molar refractivity (Wildman–Crippen MR) is 190 cm³/mol. The minimum atomic E-state index is -1.35. The number of carboxylic acids is 1. The van der Waals surface area contributed by atoms with E-state index < -0.39 is 53.5 Å². The van der Waals surface area contributed by atoms with Crippen molar-refractivity contribution in [1.82, 2.24) is 25.8 Å². The number of ether oxygens (including phenoxy) is 1. The Morgan fingerprint density at radius 1 is 0.941 bits per heavy atom. The topological polar surface area (TPSA) is 167 Å². The van der Waals surface area contributed by atoms with Gasteiger partial charge in [0.2, 0.25) is 23.6 Å². The molecule has 4 atom stereocenters. The molecule has 2 heterocycles. The molecule has 12 heteroatoms. The molecular weight excluding hydrogens is 650 g/mol. The van der Waals surface area contributed by atoms with Gasteiger partial charge in [0, 0.05) is 30.4 Å². The standard InChI is InChI=1S/C39H47N5O7/c1-23(2)33(42-36(47)34(40-24(3)45)26-14-8-5-9-15-26)37(48)44-22-27(20-31(44)35(46)43-39(18-19-39)38(49)50)51-32-21-30(25-12-6-4-7-13-25)41-29-17-11-10-16-28(29)32/h4,6-7,10-13,16-17,21,23,26-27,31,33-34H,5,8-9,14-15,18-20,22H2,1-3H3,(H,40,45)(H,42,47)(H,43,46)(H,49,50)/t27-,31+,33+,34+/m1/s1. The summed E-state index contributed by atoms with van der Waals surface area (Å²) >= 11 is 0. The molecule has 1 aromatic heterocycles. The molecule has 2 saturated carbocycles. The van der Waals surface area contributed by atoms with Gasteiger partial charge < -0.3 is 30.7 Å². The van der Waals surface area contributed by atoms with Crippen molar-refractivity contribution in [1.29, 1.82) is 0 Å². The van der Waals surface area contributed by atoms with Crippen molar-refractivity contribution < 1.29 is 33.8 Å². The molecular formula is C39H47N5O7. The van der Waals surface area contributed by atoms with Gasteiger partial charge in [-0.05, 0) is 49.7 Å². The lowest BCUT2D eigenvalue weighted by Gasteiger charge is -2.34. The Bertz CT molecular complexity index is 1790. The van der Waals surface area contributed by atoms with Crippen LogP contribution in [0.4, 0.5) is 0 Å². The van der Waals surface area contributed by atoms with E-state index in [1.165, 1.54) is 11.8 Å². The van der Waals surface area contributed by atoms with Crippen LogP contribution >= 0.6 is 0 Å². The first-order valence-electron chi connectivity index (χ1n) is 18.0. The molecule has 2 aromatic carbocycles. The Kier molecular flexibility index (Phi) is 10.6. The third-order valence-corrected chi connectivity index (χ3v) is 10.4. The zero-order valence-corrected chi connectivity index (χ0v) is 29.4. The Labute approximate surface area is 297 Å². The molecule has 51 heavy (non-hydrogen) atoms. The quantitative estimate of drug-likeness (QED) is 0.219. The van der Waals surface area contributed by atoms with Gasteiger partial charge in [0.05, 0.1) is 17.8 Å². The molecule has 12 nitrogen and oxygen atoms in total. The van der Waals surface area contributed by atoms with Crippen LogP contribution in [-0.2, 0) is 24.0 Å². The second-order valence-electron chi connectivity index (χ2n) is 14.6. The fraction of sp³-hybridized carbons (Fsp3) is 0.487. The number of carboxylic acid groups (broad SMARTS) is 1. The average molecular weight is 698 g/mol. The van der Waals surface area contributed by atoms with Crippen LogP contribution in [0.5, 0.6) is 5.75 Å². The molecule has 3 aliphatic rings. The number of nitrogens with one attached hydrogen (secondary N) is 3. The minimum Gasteiger partial charge on any atom is -0.488 e. The molecule has 270 valence electrons. The van der Waals surface area contributed by atoms with Gasteiger partial charge in [0.1, 0.15) is 35.5 Å². The highest BCUT2D eigenvalue weighted by Gasteiger charge is 2.54. The highest BCUT2D eigenvalue weighted by molar-refractivity contribution is 5.97. The van der Waals surface area contributed by atoms with Crippen molar-refractivity contribution in [2.75, 3.05) is 6.54 Å². The van der Waals surface area contributed by atoms with E-state index in [1.54, 1.807) is 0 Å². The first kappa shape index (κ1) is 35.8. The maximum absolute atomic E-state index is 14.5. The van der Waals surface area contributed by atoms with Crippen LogP contribution in [0.1, 0.15) is 72.1 Å². The summed E-state index contributed by atoms with van der Waals surface area (Å²) in [6.07, 6.45) is 4.68. The lowest BCUT2D eigenvalue weighted by molar-refractivity contribution is -0.146. The number of amides is 4. The van der Waals surface area contributed by atoms with Crippen molar-refractivity contribution in [2.24, 2.45) is 11.8 Å². The van der Waals surface area contributed by atoms with E-state index in [9.17, 15) is 29.1 Å². The number of aromatic nitrogens is 1. The van der Waals surface area contributed by atoms with Crippen LogP contribution < -0.4 is 20.7 Å². The van der Waals surface area contributed by atoms with Gasteiger partial charge >= 0.3 is 5.97 Å². The largest absolute Gasteiger partial charge is 0.488 e. The number of likely N-dealkylation sites (tertiary alicyclic amines) is 1. The van der Waals surface area contributed by atoms with Gasteiger partial charge in [-0.25, -0.2) is 9.78 Å². The van der Waals surface area contributed by atoms with Crippen molar-refractivity contribution in [3.8, 4) is 17.0 Å². The number of fused-ring (bicyclic) bond motifs is 1. The molecule has 4 amide bonds. The van der Waals surface area contributed by atoms with Crippen molar-refractivity contribution in [3.63, 3.8) is 0 Å². The van der Waals surface area contributed by atoms with Crippen molar-refractivity contribution in [3.05, 3.63) is 60.7 Å². The van der Waals surface area contributed by atoms with E-state index in [4.69, 9.17) is 9.72 Å². The average Bonchev–Trinajstić information content (AvgIpc) is 3.79. The molecule has 0 radical (unpaired) electrons. The Hall–Kier alpha value is -5.00. The zero-order chi connectivity index (χ0) is 36.3. The number of rotatable bonds is 12. The summed E-state index contributed by atoms with van der Waals surface area (Å²) in [4.78, 5) is 72.6. The normalized spacial score (nSPS) is 21.1. The van der Waals surface area contributed by atoms with Gasteiger partial charge in [-0.2, -0.15) is 0 Å². The predicted octanol–water partition coefficient (Wildman–Crippen LogP) is 4.21. The van der Waals surface area contributed by atoms with Gasteiger partial charge in [-0.1, -0.05) is 75.6 Å². The van der Waals surface area contributed by atoms with Crippen LogP contribution in [0, 0.1) is 11.8 Å². The molecule has 6 rings (SSSR count). The van der Waals surface area contributed by atoms with Crippen LogP contribution in [0.2, 0.25) is 0 Å². The number of pyridine rings is 1. The van der Waals surface area contributed by atoms with E-state index >= 15 is 0 Å². The monoisotopic (exact) mass is 697 g/mol. The summed E-state index contributed by atoms with van der Waals surface area (Å²) in [5.74, 6) is -2.79. The van der Waals surface area contributed by atoms with E-state index in [2.05, 4.69) is 16.0 Å². The molecule has 0 unspecified atom stereocenters. The van der Waals surface area contributed by atoms with Crippen LogP contribution in [0.3, 0.4) is 0 Å². The molecule has 0 spiro atoms. The van der Waals surface area contributed by atoms with Gasteiger partial charge in [-0.15, -0.1) is 0 Å². The number of carbonyl (C=O) groups is 5.